The maximum atomic E-state index is 12.5. The van der Waals surface area contributed by atoms with Crippen LogP contribution in [-0.2, 0) is 11.3 Å². The Labute approximate surface area is 124 Å². The number of non-ortho nitro benzene ring substituents is 1. The maximum absolute atomic E-state index is 12.5. The third-order valence-electron chi connectivity index (χ3n) is 4.32. The number of benzene rings is 1. The van der Waals surface area contributed by atoms with E-state index in [0.717, 1.165) is 37.9 Å². The second-order valence-corrected chi connectivity index (χ2v) is 5.49. The molecule has 1 aromatic rings. The average Bonchev–Trinajstić information content (AvgIpc) is 2.53. The van der Waals surface area contributed by atoms with Crippen molar-refractivity contribution < 1.29 is 9.72 Å². The minimum atomic E-state index is -0.427. The van der Waals surface area contributed by atoms with Gasteiger partial charge in [0.25, 0.3) is 5.69 Å². The molecule has 0 bridgehead atoms. The van der Waals surface area contributed by atoms with Crippen molar-refractivity contribution in [1.82, 2.24) is 10.6 Å². The lowest BCUT2D eigenvalue weighted by Gasteiger charge is -2.35. The highest BCUT2D eigenvalue weighted by Crippen LogP contribution is 2.32. The number of hydrogen-bond donors (Lipinski definition) is 2. The Morgan fingerprint density at radius 2 is 1.95 bits per heavy atom. The van der Waals surface area contributed by atoms with Crippen molar-refractivity contribution >= 4 is 11.6 Å². The maximum Gasteiger partial charge on any atom is 0.269 e. The SMILES string of the molecule is CCC1(C(=O)NCc2ccc([N+](=O)[O-])cc2)CCNCC1. The van der Waals surface area contributed by atoms with E-state index < -0.39 is 4.92 Å². The lowest BCUT2D eigenvalue weighted by atomic mass is 9.76. The Balaban J connectivity index is 1.95. The van der Waals surface area contributed by atoms with Crippen molar-refractivity contribution in [2.24, 2.45) is 5.41 Å². The molecule has 0 radical (unpaired) electrons. The van der Waals surface area contributed by atoms with E-state index >= 15 is 0 Å². The van der Waals surface area contributed by atoms with E-state index in [1.165, 1.54) is 12.1 Å². The van der Waals surface area contributed by atoms with Crippen molar-refractivity contribution in [3.8, 4) is 0 Å². The molecule has 6 nitrogen and oxygen atoms in total. The lowest BCUT2D eigenvalue weighted by Crippen LogP contribution is -2.47. The summed E-state index contributed by atoms with van der Waals surface area (Å²) in [6.07, 6.45) is 2.55. The molecule has 0 atom stereocenters. The topological polar surface area (TPSA) is 84.3 Å². The fourth-order valence-electron chi connectivity index (χ4n) is 2.75. The van der Waals surface area contributed by atoms with Gasteiger partial charge in [0, 0.05) is 18.7 Å². The monoisotopic (exact) mass is 291 g/mol. The third kappa shape index (κ3) is 3.58. The lowest BCUT2D eigenvalue weighted by molar-refractivity contribution is -0.384. The standard InChI is InChI=1S/C15H21N3O3/c1-2-15(7-9-16-10-8-15)14(19)17-11-12-3-5-13(6-4-12)18(20)21/h3-6,16H,2,7-11H2,1H3,(H,17,19). The van der Waals surface area contributed by atoms with Crippen LogP contribution in [0.3, 0.4) is 0 Å². The molecule has 114 valence electrons. The first kappa shape index (κ1) is 15.4. The molecule has 0 saturated carbocycles. The first-order valence-electron chi connectivity index (χ1n) is 7.30. The number of nitrogens with zero attached hydrogens (tertiary/aromatic N) is 1. The van der Waals surface area contributed by atoms with Gasteiger partial charge in [0.2, 0.25) is 5.91 Å². The Morgan fingerprint density at radius 3 is 2.48 bits per heavy atom. The second kappa shape index (κ2) is 6.67. The molecule has 1 heterocycles. The normalized spacial score (nSPS) is 17.2. The van der Waals surface area contributed by atoms with Gasteiger partial charge in [-0.3, -0.25) is 14.9 Å². The first-order chi connectivity index (χ1) is 10.1. The van der Waals surface area contributed by atoms with E-state index in [4.69, 9.17) is 0 Å². The van der Waals surface area contributed by atoms with E-state index in [2.05, 4.69) is 17.6 Å². The number of rotatable bonds is 5. The molecule has 1 aromatic carbocycles. The smallest absolute Gasteiger partial charge is 0.269 e. The summed E-state index contributed by atoms with van der Waals surface area (Å²) < 4.78 is 0. The molecule has 21 heavy (non-hydrogen) atoms. The average molecular weight is 291 g/mol. The number of nitrogens with one attached hydrogen (secondary N) is 2. The predicted octanol–water partition coefficient (Wildman–Crippen LogP) is 1.99. The van der Waals surface area contributed by atoms with Gasteiger partial charge in [0.05, 0.1) is 10.3 Å². The molecule has 0 aromatic heterocycles. The Hall–Kier alpha value is -1.95. The molecule has 2 rings (SSSR count). The van der Waals surface area contributed by atoms with Crippen LogP contribution < -0.4 is 10.6 Å². The number of nitro groups is 1. The van der Waals surface area contributed by atoms with Crippen molar-refractivity contribution in [1.29, 1.82) is 0 Å². The van der Waals surface area contributed by atoms with E-state index in [9.17, 15) is 14.9 Å². The highest BCUT2D eigenvalue weighted by molar-refractivity contribution is 5.82. The summed E-state index contributed by atoms with van der Waals surface area (Å²) in [7, 11) is 0. The zero-order valence-electron chi connectivity index (χ0n) is 12.2. The third-order valence-corrected chi connectivity index (χ3v) is 4.32. The number of carbonyl (C=O) groups excluding carboxylic acids is 1. The van der Waals surface area contributed by atoms with Gasteiger partial charge in [-0.2, -0.15) is 0 Å². The fraction of sp³-hybridized carbons (Fsp3) is 0.533. The zero-order chi connectivity index (χ0) is 15.3. The molecule has 1 saturated heterocycles. The summed E-state index contributed by atoms with van der Waals surface area (Å²) in [6, 6.07) is 6.28. The summed E-state index contributed by atoms with van der Waals surface area (Å²) in [6.45, 7) is 4.21. The van der Waals surface area contributed by atoms with Crippen molar-refractivity contribution in [2.75, 3.05) is 13.1 Å². The predicted molar refractivity (Wildman–Crippen MR) is 79.8 cm³/mol. The van der Waals surface area contributed by atoms with Crippen LogP contribution in [0, 0.1) is 15.5 Å². The minimum Gasteiger partial charge on any atom is -0.352 e. The molecule has 2 N–H and O–H groups in total. The van der Waals surface area contributed by atoms with E-state index in [-0.39, 0.29) is 17.0 Å². The van der Waals surface area contributed by atoms with E-state index in [0.29, 0.717) is 6.54 Å². The van der Waals surface area contributed by atoms with Gasteiger partial charge in [-0.15, -0.1) is 0 Å². The summed E-state index contributed by atoms with van der Waals surface area (Å²) in [5, 5.41) is 16.8. The first-order valence-corrected chi connectivity index (χ1v) is 7.30. The van der Waals surface area contributed by atoms with Crippen LogP contribution in [0.2, 0.25) is 0 Å². The van der Waals surface area contributed by atoms with Crippen molar-refractivity contribution in [3.63, 3.8) is 0 Å². The molecule has 6 heteroatoms. The molecule has 1 aliphatic rings. The molecule has 0 aliphatic carbocycles. The molecule has 0 unspecified atom stereocenters. The number of amides is 1. The van der Waals surface area contributed by atoms with Crippen LogP contribution in [0.4, 0.5) is 5.69 Å². The van der Waals surface area contributed by atoms with Crippen LogP contribution in [0.15, 0.2) is 24.3 Å². The largest absolute Gasteiger partial charge is 0.352 e. The second-order valence-electron chi connectivity index (χ2n) is 5.49. The minimum absolute atomic E-state index is 0.0634. The highest BCUT2D eigenvalue weighted by atomic mass is 16.6. The van der Waals surface area contributed by atoms with Gasteiger partial charge in [-0.1, -0.05) is 19.1 Å². The number of nitro benzene ring substituents is 1. The van der Waals surface area contributed by atoms with Gasteiger partial charge in [0.15, 0.2) is 0 Å². The van der Waals surface area contributed by atoms with Crippen LogP contribution in [0.5, 0.6) is 0 Å². The van der Waals surface area contributed by atoms with Crippen molar-refractivity contribution in [3.05, 3.63) is 39.9 Å². The van der Waals surface area contributed by atoms with Gasteiger partial charge in [0.1, 0.15) is 0 Å². The fourth-order valence-corrected chi connectivity index (χ4v) is 2.75. The van der Waals surface area contributed by atoms with Crippen molar-refractivity contribution in [2.45, 2.75) is 32.7 Å². The molecule has 1 fully saturated rings. The van der Waals surface area contributed by atoms with Crippen LogP contribution >= 0.6 is 0 Å². The summed E-state index contributed by atoms with van der Waals surface area (Å²) in [5.41, 5.74) is 0.661. The number of piperidine rings is 1. The highest BCUT2D eigenvalue weighted by Gasteiger charge is 2.37. The molecule has 1 aliphatic heterocycles. The van der Waals surface area contributed by atoms with Crippen LogP contribution in [0.1, 0.15) is 31.7 Å². The number of carbonyl (C=O) groups is 1. The van der Waals surface area contributed by atoms with Gasteiger partial charge in [-0.05, 0) is 37.9 Å². The quantitative estimate of drug-likeness (QED) is 0.642. The Bertz CT molecular complexity index is 507. The summed E-state index contributed by atoms with van der Waals surface area (Å²) >= 11 is 0. The van der Waals surface area contributed by atoms with Gasteiger partial charge >= 0.3 is 0 Å². The molecular formula is C15H21N3O3. The van der Waals surface area contributed by atoms with Crippen LogP contribution in [-0.4, -0.2) is 23.9 Å². The van der Waals surface area contributed by atoms with Crippen LogP contribution in [0.25, 0.3) is 0 Å². The molecule has 1 amide bonds. The van der Waals surface area contributed by atoms with Gasteiger partial charge in [-0.25, -0.2) is 0 Å². The Morgan fingerprint density at radius 1 is 1.33 bits per heavy atom. The number of hydrogen-bond acceptors (Lipinski definition) is 4. The van der Waals surface area contributed by atoms with E-state index in [1.807, 2.05) is 0 Å². The summed E-state index contributed by atoms with van der Waals surface area (Å²) in [5.74, 6) is 0.0878. The Kier molecular flexibility index (Phi) is 4.90. The summed E-state index contributed by atoms with van der Waals surface area (Å²) in [4.78, 5) is 22.6. The van der Waals surface area contributed by atoms with E-state index in [1.54, 1.807) is 12.1 Å². The van der Waals surface area contributed by atoms with Gasteiger partial charge < -0.3 is 10.6 Å². The zero-order valence-corrected chi connectivity index (χ0v) is 12.2. The molecular weight excluding hydrogens is 270 g/mol. The molecule has 0 spiro atoms.